The lowest BCUT2D eigenvalue weighted by molar-refractivity contribution is -0.274. The number of amides is 2. The number of carbonyl (C=O) groups excluding carboxylic acids is 2. The molecule has 0 fully saturated rings. The summed E-state index contributed by atoms with van der Waals surface area (Å²) in [7, 11) is 0. The minimum atomic E-state index is -4.81. The van der Waals surface area contributed by atoms with Crippen LogP contribution < -0.4 is 14.5 Å². The number of hydrogen-bond acceptors (Lipinski definition) is 3. The largest absolute Gasteiger partial charge is 0.573 e. The molecule has 2 amide bonds. The molecule has 182 valence electrons. The summed E-state index contributed by atoms with van der Waals surface area (Å²) in [5, 5.41) is 0.576. The zero-order chi connectivity index (χ0) is 25.2. The van der Waals surface area contributed by atoms with Crippen LogP contribution in [0.15, 0.2) is 72.8 Å². The van der Waals surface area contributed by atoms with Gasteiger partial charge in [0, 0.05) is 35.1 Å². The second-order valence-corrected chi connectivity index (χ2v) is 8.42. The molecule has 5 nitrogen and oxygen atoms in total. The number of fused-ring (bicyclic) bond motifs is 1. The van der Waals surface area contributed by atoms with Crippen LogP contribution in [0.1, 0.15) is 35.2 Å². The third-order valence-electron chi connectivity index (χ3n) is 5.84. The van der Waals surface area contributed by atoms with Crippen LogP contribution in [0, 0.1) is 0 Å². The number of carbonyl (C=O) groups is 2. The molecule has 35 heavy (non-hydrogen) atoms. The molecule has 0 bridgehead atoms. The van der Waals surface area contributed by atoms with Crippen molar-refractivity contribution in [1.29, 1.82) is 0 Å². The monoisotopic (exact) mass is 502 g/mol. The molecule has 0 unspecified atom stereocenters. The molecular formula is C26H22ClF3N2O3. The summed E-state index contributed by atoms with van der Waals surface area (Å²) in [6, 6.07) is 19.0. The predicted molar refractivity (Wildman–Crippen MR) is 128 cm³/mol. The first-order valence-corrected chi connectivity index (χ1v) is 11.4. The average Bonchev–Trinajstić information content (AvgIpc) is 2.84. The van der Waals surface area contributed by atoms with Crippen LogP contribution in [-0.2, 0) is 4.79 Å². The Labute approximate surface area is 205 Å². The summed E-state index contributed by atoms with van der Waals surface area (Å²) >= 11 is 5.99. The van der Waals surface area contributed by atoms with E-state index in [9.17, 15) is 22.8 Å². The molecule has 0 saturated heterocycles. The van der Waals surface area contributed by atoms with E-state index in [1.807, 2.05) is 19.1 Å². The highest BCUT2D eigenvalue weighted by Gasteiger charge is 2.35. The van der Waals surface area contributed by atoms with E-state index in [2.05, 4.69) is 4.74 Å². The fourth-order valence-corrected chi connectivity index (χ4v) is 4.39. The second-order valence-electron chi connectivity index (χ2n) is 7.99. The van der Waals surface area contributed by atoms with Gasteiger partial charge < -0.3 is 14.5 Å². The van der Waals surface area contributed by atoms with Gasteiger partial charge in [0.2, 0.25) is 5.91 Å². The number of halogens is 4. The van der Waals surface area contributed by atoms with E-state index in [-0.39, 0.29) is 23.9 Å². The first-order chi connectivity index (χ1) is 16.7. The lowest BCUT2D eigenvalue weighted by atomic mass is 9.88. The number of likely N-dealkylation sites (N-methyl/N-ethyl adjacent to an activating group) is 1. The molecule has 0 saturated carbocycles. The van der Waals surface area contributed by atoms with E-state index in [0.717, 1.165) is 23.4 Å². The molecule has 9 heteroatoms. The molecule has 3 aromatic rings. The topological polar surface area (TPSA) is 49.9 Å². The maximum atomic E-state index is 13.6. The highest BCUT2D eigenvalue weighted by molar-refractivity contribution is 6.30. The Morgan fingerprint density at radius 1 is 1.03 bits per heavy atom. The lowest BCUT2D eigenvalue weighted by Gasteiger charge is -2.36. The van der Waals surface area contributed by atoms with Gasteiger partial charge in [0.25, 0.3) is 5.91 Å². The molecular weight excluding hydrogens is 481 g/mol. The number of anilines is 2. The van der Waals surface area contributed by atoms with E-state index in [0.29, 0.717) is 23.7 Å². The van der Waals surface area contributed by atoms with Gasteiger partial charge in [0.1, 0.15) is 5.75 Å². The summed E-state index contributed by atoms with van der Waals surface area (Å²) in [4.78, 5) is 30.0. The van der Waals surface area contributed by atoms with Crippen LogP contribution in [0.2, 0.25) is 5.02 Å². The van der Waals surface area contributed by atoms with Gasteiger partial charge in [0.05, 0.1) is 5.92 Å². The normalized spacial score (nSPS) is 15.3. The fourth-order valence-electron chi connectivity index (χ4n) is 4.26. The fraction of sp³-hybridized carbons (Fsp3) is 0.231. The summed E-state index contributed by atoms with van der Waals surface area (Å²) in [5.41, 5.74) is 2.28. The molecule has 0 spiro atoms. The molecule has 0 aromatic heterocycles. The van der Waals surface area contributed by atoms with Gasteiger partial charge in [-0.1, -0.05) is 29.8 Å². The predicted octanol–water partition coefficient (Wildman–Crippen LogP) is 6.43. The molecule has 1 aliphatic heterocycles. The molecule has 4 rings (SSSR count). The number of benzene rings is 3. The Morgan fingerprint density at radius 2 is 1.69 bits per heavy atom. The van der Waals surface area contributed by atoms with Crippen molar-refractivity contribution in [3.8, 4) is 5.75 Å². The Morgan fingerprint density at radius 3 is 2.31 bits per heavy atom. The minimum Gasteiger partial charge on any atom is -0.406 e. The highest BCUT2D eigenvalue weighted by atomic mass is 35.5. The van der Waals surface area contributed by atoms with Gasteiger partial charge in [-0.25, -0.2) is 0 Å². The van der Waals surface area contributed by atoms with Crippen LogP contribution in [0.4, 0.5) is 24.5 Å². The average molecular weight is 503 g/mol. The van der Waals surface area contributed by atoms with E-state index in [1.165, 1.54) is 12.1 Å². The lowest BCUT2D eigenvalue weighted by Crippen LogP contribution is -2.42. The molecule has 1 atom stereocenters. The van der Waals surface area contributed by atoms with Crippen molar-refractivity contribution in [1.82, 2.24) is 0 Å². The van der Waals surface area contributed by atoms with Crippen molar-refractivity contribution in [3.63, 3.8) is 0 Å². The summed E-state index contributed by atoms with van der Waals surface area (Å²) in [5.74, 6) is -1.30. The number of hydrogen-bond donors (Lipinski definition) is 0. The maximum absolute atomic E-state index is 13.6. The second kappa shape index (κ2) is 10.00. The Balaban J connectivity index is 1.59. The van der Waals surface area contributed by atoms with Crippen molar-refractivity contribution in [2.75, 3.05) is 22.9 Å². The summed E-state index contributed by atoms with van der Waals surface area (Å²) < 4.78 is 41.2. The van der Waals surface area contributed by atoms with Gasteiger partial charge in [-0.15, -0.1) is 13.2 Å². The molecule has 0 radical (unpaired) electrons. The van der Waals surface area contributed by atoms with E-state index < -0.39 is 18.0 Å². The maximum Gasteiger partial charge on any atom is 0.573 e. The molecule has 0 N–H and O–H groups in total. The third kappa shape index (κ3) is 5.43. The molecule has 1 heterocycles. The van der Waals surface area contributed by atoms with Crippen molar-refractivity contribution >= 4 is 34.8 Å². The first kappa shape index (κ1) is 24.6. The first-order valence-electron chi connectivity index (χ1n) is 11.0. The quantitative estimate of drug-likeness (QED) is 0.404. The van der Waals surface area contributed by atoms with Crippen molar-refractivity contribution in [3.05, 3.63) is 88.9 Å². The Bertz CT molecular complexity index is 1210. The van der Waals surface area contributed by atoms with Crippen LogP contribution >= 0.6 is 11.6 Å². The number of nitrogens with zero attached hydrogens (tertiary/aromatic N) is 2. The van der Waals surface area contributed by atoms with Gasteiger partial charge in [0.15, 0.2) is 0 Å². The summed E-state index contributed by atoms with van der Waals surface area (Å²) in [6.07, 6.45) is -4.40. The van der Waals surface area contributed by atoms with Crippen LogP contribution in [0.5, 0.6) is 5.75 Å². The Hall–Kier alpha value is -3.52. The molecule has 3 aromatic carbocycles. The van der Waals surface area contributed by atoms with Crippen LogP contribution in [-0.4, -0.2) is 31.3 Å². The number of para-hydroxylation sites is 1. The van der Waals surface area contributed by atoms with Gasteiger partial charge in [-0.05, 0) is 73.5 Å². The van der Waals surface area contributed by atoms with Crippen molar-refractivity contribution < 1.29 is 27.5 Å². The van der Waals surface area contributed by atoms with Crippen LogP contribution in [0.3, 0.4) is 0 Å². The Kier molecular flexibility index (Phi) is 7.03. The van der Waals surface area contributed by atoms with Gasteiger partial charge >= 0.3 is 6.36 Å². The number of alkyl halides is 3. The SMILES string of the molecule is CCN(C(=O)[C@H]1CCN(C(=O)c2ccc(OC(F)(F)F)cc2)c2ccccc21)c1ccc(Cl)cc1. The highest BCUT2D eigenvalue weighted by Crippen LogP contribution is 2.38. The standard InChI is InChI=1S/C26H22ClF3N2O3/c1-2-31(19-11-9-18(27)10-12-19)25(34)22-15-16-32(23-6-4-3-5-21(22)23)24(33)17-7-13-20(14-8-17)35-26(28,29)30/h3-14,22H,2,15-16H2,1H3/t22-/m0/s1. The molecule has 0 aliphatic carbocycles. The number of rotatable bonds is 5. The zero-order valence-corrected chi connectivity index (χ0v) is 19.5. The summed E-state index contributed by atoms with van der Waals surface area (Å²) in [6.45, 7) is 2.64. The van der Waals surface area contributed by atoms with Crippen LogP contribution in [0.25, 0.3) is 0 Å². The van der Waals surface area contributed by atoms with Gasteiger partial charge in [-0.3, -0.25) is 9.59 Å². The number of ether oxygens (including phenoxy) is 1. The van der Waals surface area contributed by atoms with Crippen molar-refractivity contribution in [2.24, 2.45) is 0 Å². The van der Waals surface area contributed by atoms with E-state index in [4.69, 9.17) is 11.6 Å². The molecule has 1 aliphatic rings. The van der Waals surface area contributed by atoms with Gasteiger partial charge in [-0.2, -0.15) is 0 Å². The third-order valence-corrected chi connectivity index (χ3v) is 6.09. The minimum absolute atomic E-state index is 0.0805. The smallest absolute Gasteiger partial charge is 0.406 e. The zero-order valence-electron chi connectivity index (χ0n) is 18.8. The van der Waals surface area contributed by atoms with Crippen molar-refractivity contribution in [2.45, 2.75) is 25.6 Å². The van der Waals surface area contributed by atoms with E-state index in [1.54, 1.807) is 46.2 Å². The van der Waals surface area contributed by atoms with E-state index >= 15 is 0 Å².